The highest BCUT2D eigenvalue weighted by Gasteiger charge is 2.32. The number of carbonyl (C=O) groups is 2. The molecule has 2 aromatic rings. The van der Waals surface area contributed by atoms with Crippen molar-refractivity contribution < 1.29 is 19.1 Å². The first-order chi connectivity index (χ1) is 14.5. The Hall–Kier alpha value is -2.55. The Balaban J connectivity index is 1.54. The van der Waals surface area contributed by atoms with Crippen molar-refractivity contribution >= 4 is 46.2 Å². The third-order valence-corrected chi connectivity index (χ3v) is 5.89. The second kappa shape index (κ2) is 10.5. The van der Waals surface area contributed by atoms with Crippen LogP contribution in [0.2, 0.25) is 0 Å². The molecule has 2 aromatic carbocycles. The topological polar surface area (TPSA) is 69.6 Å². The summed E-state index contributed by atoms with van der Waals surface area (Å²) in [5.41, 5.74) is 1.71. The summed E-state index contributed by atoms with van der Waals surface area (Å²) in [7, 11) is 0. The fourth-order valence-corrected chi connectivity index (χ4v) is 4.28. The SMILES string of the molecule is O=C(CCN1C(=O)/C(=C/c2ccc(F)cc2)SC1=S)N[C@@H](CO)Cc1ccccc1. The van der Waals surface area contributed by atoms with Crippen LogP contribution in [0.4, 0.5) is 4.39 Å². The lowest BCUT2D eigenvalue weighted by molar-refractivity contribution is -0.124. The third-order valence-electron chi connectivity index (χ3n) is 4.51. The minimum atomic E-state index is -0.399. The highest BCUT2D eigenvalue weighted by Crippen LogP contribution is 2.32. The quantitative estimate of drug-likeness (QED) is 0.484. The van der Waals surface area contributed by atoms with Crippen molar-refractivity contribution in [2.24, 2.45) is 0 Å². The van der Waals surface area contributed by atoms with E-state index in [1.165, 1.54) is 17.0 Å². The van der Waals surface area contributed by atoms with Crippen molar-refractivity contribution in [2.75, 3.05) is 13.2 Å². The summed E-state index contributed by atoms with van der Waals surface area (Å²) in [5.74, 6) is -0.883. The van der Waals surface area contributed by atoms with Gasteiger partial charge in [0.25, 0.3) is 5.91 Å². The number of amides is 2. The van der Waals surface area contributed by atoms with E-state index in [2.05, 4.69) is 5.32 Å². The summed E-state index contributed by atoms with van der Waals surface area (Å²) < 4.78 is 13.4. The number of rotatable bonds is 8. The van der Waals surface area contributed by atoms with Crippen LogP contribution in [-0.2, 0) is 16.0 Å². The molecule has 1 heterocycles. The number of nitrogens with zero attached hydrogens (tertiary/aromatic N) is 1. The number of aliphatic hydroxyl groups is 1. The van der Waals surface area contributed by atoms with E-state index < -0.39 is 6.04 Å². The lowest BCUT2D eigenvalue weighted by atomic mass is 10.1. The average Bonchev–Trinajstić information content (AvgIpc) is 3.01. The number of hydrogen-bond acceptors (Lipinski definition) is 5. The minimum absolute atomic E-state index is 0.0710. The molecule has 8 heteroatoms. The molecule has 2 N–H and O–H groups in total. The molecule has 1 aliphatic heterocycles. The zero-order valence-electron chi connectivity index (χ0n) is 16.1. The molecule has 30 heavy (non-hydrogen) atoms. The molecule has 3 rings (SSSR count). The fourth-order valence-electron chi connectivity index (χ4n) is 2.98. The standard InChI is InChI=1S/C22H21FN2O3S2/c23-17-8-6-16(7-9-17)13-19-21(28)25(22(29)30-19)11-10-20(27)24-18(14-26)12-15-4-2-1-3-5-15/h1-9,13,18,26H,10-12,14H2,(H,24,27)/b19-13-/t18-/m1/s1. The largest absolute Gasteiger partial charge is 0.394 e. The molecule has 0 saturated carbocycles. The zero-order chi connectivity index (χ0) is 21.5. The fraction of sp³-hybridized carbons (Fsp3) is 0.227. The molecule has 1 saturated heterocycles. The maximum Gasteiger partial charge on any atom is 0.266 e. The van der Waals surface area contributed by atoms with E-state index in [4.69, 9.17) is 12.2 Å². The lowest BCUT2D eigenvalue weighted by Gasteiger charge is -2.18. The van der Waals surface area contributed by atoms with Crippen LogP contribution in [-0.4, -0.2) is 45.3 Å². The predicted octanol–water partition coefficient (Wildman–Crippen LogP) is 3.14. The molecule has 1 aliphatic rings. The van der Waals surface area contributed by atoms with Crippen LogP contribution in [0.25, 0.3) is 6.08 Å². The Morgan fingerprint density at radius 2 is 1.90 bits per heavy atom. The van der Waals surface area contributed by atoms with Gasteiger partial charge in [0.1, 0.15) is 10.1 Å². The second-order valence-corrected chi connectivity index (χ2v) is 8.45. The minimum Gasteiger partial charge on any atom is -0.394 e. The van der Waals surface area contributed by atoms with Crippen molar-refractivity contribution in [3.8, 4) is 0 Å². The van der Waals surface area contributed by atoms with Crippen molar-refractivity contribution in [3.63, 3.8) is 0 Å². The smallest absolute Gasteiger partial charge is 0.266 e. The number of aliphatic hydroxyl groups excluding tert-OH is 1. The van der Waals surface area contributed by atoms with Gasteiger partial charge in [-0.25, -0.2) is 4.39 Å². The van der Waals surface area contributed by atoms with Gasteiger partial charge in [-0.2, -0.15) is 0 Å². The van der Waals surface area contributed by atoms with Crippen LogP contribution in [0, 0.1) is 5.82 Å². The van der Waals surface area contributed by atoms with Gasteiger partial charge in [0, 0.05) is 13.0 Å². The summed E-state index contributed by atoms with van der Waals surface area (Å²) in [4.78, 5) is 26.8. The third kappa shape index (κ3) is 5.98. The summed E-state index contributed by atoms with van der Waals surface area (Å²) in [5, 5.41) is 12.4. The van der Waals surface area contributed by atoms with Crippen LogP contribution in [0.5, 0.6) is 0 Å². The summed E-state index contributed by atoms with van der Waals surface area (Å²) in [6.07, 6.45) is 2.24. The van der Waals surface area contributed by atoms with Gasteiger partial charge < -0.3 is 10.4 Å². The second-order valence-electron chi connectivity index (χ2n) is 6.77. The Morgan fingerprint density at radius 1 is 1.20 bits per heavy atom. The maximum absolute atomic E-state index is 13.0. The molecular formula is C22H21FN2O3S2. The first-order valence-corrected chi connectivity index (χ1v) is 10.6. The lowest BCUT2D eigenvalue weighted by Crippen LogP contribution is -2.41. The van der Waals surface area contributed by atoms with Crippen molar-refractivity contribution in [2.45, 2.75) is 18.9 Å². The first kappa shape index (κ1) is 22.1. The molecule has 156 valence electrons. The van der Waals surface area contributed by atoms with Gasteiger partial charge in [-0.3, -0.25) is 14.5 Å². The normalized spacial score (nSPS) is 16.2. The van der Waals surface area contributed by atoms with Gasteiger partial charge in [0.2, 0.25) is 5.91 Å². The highest BCUT2D eigenvalue weighted by atomic mass is 32.2. The monoisotopic (exact) mass is 444 g/mol. The van der Waals surface area contributed by atoms with Gasteiger partial charge in [-0.05, 0) is 35.8 Å². The number of halogens is 1. The van der Waals surface area contributed by atoms with Crippen LogP contribution in [0.1, 0.15) is 17.5 Å². The van der Waals surface area contributed by atoms with Gasteiger partial charge in [0.15, 0.2) is 0 Å². The first-order valence-electron chi connectivity index (χ1n) is 9.41. The van der Waals surface area contributed by atoms with Crippen molar-refractivity contribution in [3.05, 3.63) is 76.4 Å². The highest BCUT2D eigenvalue weighted by molar-refractivity contribution is 8.26. The van der Waals surface area contributed by atoms with E-state index in [1.807, 2.05) is 30.3 Å². The molecule has 2 amide bonds. The number of thiocarbonyl (C=S) groups is 1. The van der Waals surface area contributed by atoms with Gasteiger partial charge >= 0.3 is 0 Å². The van der Waals surface area contributed by atoms with Gasteiger partial charge in [-0.15, -0.1) is 0 Å². The van der Waals surface area contributed by atoms with Crippen LogP contribution in [0.3, 0.4) is 0 Å². The van der Waals surface area contributed by atoms with E-state index in [1.54, 1.807) is 18.2 Å². The number of benzene rings is 2. The van der Waals surface area contributed by atoms with Gasteiger partial charge in [-0.1, -0.05) is 66.4 Å². The van der Waals surface area contributed by atoms with E-state index >= 15 is 0 Å². The summed E-state index contributed by atoms with van der Waals surface area (Å²) in [6.45, 7) is -0.0250. The maximum atomic E-state index is 13.0. The molecule has 5 nitrogen and oxygen atoms in total. The number of nitrogens with one attached hydrogen (secondary N) is 1. The number of hydrogen-bond donors (Lipinski definition) is 2. The van der Waals surface area contributed by atoms with E-state index in [9.17, 15) is 19.1 Å². The summed E-state index contributed by atoms with van der Waals surface area (Å²) >= 11 is 6.43. The van der Waals surface area contributed by atoms with Crippen molar-refractivity contribution in [1.82, 2.24) is 10.2 Å². The Bertz CT molecular complexity index is 949. The van der Waals surface area contributed by atoms with Crippen LogP contribution in [0.15, 0.2) is 59.5 Å². The molecule has 0 bridgehead atoms. The molecule has 0 spiro atoms. The Labute approximate surface area is 184 Å². The van der Waals surface area contributed by atoms with E-state index in [0.717, 1.165) is 17.3 Å². The van der Waals surface area contributed by atoms with Crippen molar-refractivity contribution in [1.29, 1.82) is 0 Å². The molecule has 1 fully saturated rings. The Morgan fingerprint density at radius 3 is 2.57 bits per heavy atom. The van der Waals surface area contributed by atoms with Crippen LogP contribution < -0.4 is 5.32 Å². The zero-order valence-corrected chi connectivity index (χ0v) is 17.7. The predicted molar refractivity (Wildman–Crippen MR) is 120 cm³/mol. The Kier molecular flexibility index (Phi) is 7.73. The molecular weight excluding hydrogens is 423 g/mol. The summed E-state index contributed by atoms with van der Waals surface area (Å²) in [6, 6.07) is 15.0. The number of thioether (sulfide) groups is 1. The molecule has 0 aromatic heterocycles. The van der Waals surface area contributed by atoms with E-state index in [-0.39, 0.29) is 37.2 Å². The average molecular weight is 445 g/mol. The molecule has 0 radical (unpaired) electrons. The molecule has 1 atom stereocenters. The van der Waals surface area contributed by atoms with E-state index in [0.29, 0.717) is 21.2 Å². The van der Waals surface area contributed by atoms with Gasteiger partial charge in [0.05, 0.1) is 17.6 Å². The van der Waals surface area contributed by atoms with Crippen LogP contribution >= 0.6 is 24.0 Å². The molecule has 0 unspecified atom stereocenters. The number of carbonyl (C=O) groups excluding carboxylic acids is 2. The molecule has 0 aliphatic carbocycles.